The summed E-state index contributed by atoms with van der Waals surface area (Å²) in [5.41, 5.74) is 1.23. The average molecular weight is 270 g/mol. The minimum Gasteiger partial charge on any atom is -0.293 e. The standard InChI is InChI=1S/C14H17F3N2/c15-14(16,17)10-19-9-12-6-13(19)8-18(12)7-11-4-2-1-3-5-11/h1-5,12-13H,6-10H2/t12-,13-/m1/s1. The van der Waals surface area contributed by atoms with Crippen molar-refractivity contribution in [3.8, 4) is 0 Å². The van der Waals surface area contributed by atoms with Gasteiger partial charge in [-0.25, -0.2) is 0 Å². The number of alkyl halides is 3. The maximum atomic E-state index is 12.4. The number of likely N-dealkylation sites (tertiary alicyclic amines) is 2. The molecule has 2 heterocycles. The van der Waals surface area contributed by atoms with E-state index < -0.39 is 12.7 Å². The molecule has 19 heavy (non-hydrogen) atoms. The molecule has 2 atom stereocenters. The zero-order valence-corrected chi connectivity index (χ0v) is 10.6. The van der Waals surface area contributed by atoms with Gasteiger partial charge in [-0.05, 0) is 12.0 Å². The van der Waals surface area contributed by atoms with Crippen LogP contribution in [-0.2, 0) is 6.54 Å². The molecule has 2 saturated heterocycles. The van der Waals surface area contributed by atoms with Gasteiger partial charge in [0, 0.05) is 31.7 Å². The van der Waals surface area contributed by atoms with Crippen molar-refractivity contribution >= 4 is 0 Å². The normalized spacial score (nSPS) is 28.2. The molecule has 0 aromatic heterocycles. The third kappa shape index (κ3) is 2.92. The summed E-state index contributed by atoms with van der Waals surface area (Å²) in [5, 5.41) is 0. The average Bonchev–Trinajstić information content (AvgIpc) is 2.87. The van der Waals surface area contributed by atoms with Gasteiger partial charge < -0.3 is 0 Å². The fourth-order valence-electron chi connectivity index (χ4n) is 3.27. The number of hydrogen-bond donors (Lipinski definition) is 0. The van der Waals surface area contributed by atoms with Crippen LogP contribution in [0.1, 0.15) is 12.0 Å². The Morgan fingerprint density at radius 2 is 1.63 bits per heavy atom. The molecule has 2 aliphatic rings. The number of benzene rings is 1. The predicted molar refractivity (Wildman–Crippen MR) is 66.7 cm³/mol. The lowest BCUT2D eigenvalue weighted by Crippen LogP contribution is -2.48. The summed E-state index contributed by atoms with van der Waals surface area (Å²) in [5.74, 6) is 0. The third-order valence-corrected chi connectivity index (χ3v) is 4.08. The summed E-state index contributed by atoms with van der Waals surface area (Å²) in [6, 6.07) is 10.5. The molecule has 2 nitrogen and oxygen atoms in total. The SMILES string of the molecule is FC(F)(F)CN1C[C@H]2C[C@@H]1CN2Cc1ccccc1. The second kappa shape index (κ2) is 4.80. The number of rotatable bonds is 3. The molecular weight excluding hydrogens is 253 g/mol. The fraction of sp³-hybridized carbons (Fsp3) is 0.571. The molecule has 2 fully saturated rings. The molecule has 3 rings (SSSR count). The Kier molecular flexibility index (Phi) is 3.27. The zero-order valence-electron chi connectivity index (χ0n) is 10.6. The minimum atomic E-state index is -4.07. The van der Waals surface area contributed by atoms with Crippen LogP contribution >= 0.6 is 0 Å². The first-order valence-corrected chi connectivity index (χ1v) is 6.60. The lowest BCUT2D eigenvalue weighted by Gasteiger charge is -2.34. The summed E-state index contributed by atoms with van der Waals surface area (Å²) in [7, 11) is 0. The number of fused-ring (bicyclic) bond motifs is 2. The van der Waals surface area contributed by atoms with Crippen molar-refractivity contribution in [2.24, 2.45) is 0 Å². The van der Waals surface area contributed by atoms with Crippen LogP contribution in [0.3, 0.4) is 0 Å². The molecule has 1 aromatic rings. The molecule has 5 heteroatoms. The number of halogens is 3. The lowest BCUT2D eigenvalue weighted by atomic mass is 10.2. The quantitative estimate of drug-likeness (QED) is 0.832. The van der Waals surface area contributed by atoms with E-state index in [-0.39, 0.29) is 12.1 Å². The third-order valence-electron chi connectivity index (χ3n) is 4.08. The van der Waals surface area contributed by atoms with Gasteiger partial charge in [0.05, 0.1) is 6.54 Å². The van der Waals surface area contributed by atoms with Crippen molar-refractivity contribution < 1.29 is 13.2 Å². The summed E-state index contributed by atoms with van der Waals surface area (Å²) in [4.78, 5) is 3.90. The highest BCUT2D eigenvalue weighted by atomic mass is 19.4. The Morgan fingerprint density at radius 3 is 2.21 bits per heavy atom. The zero-order chi connectivity index (χ0) is 13.5. The Labute approximate surface area is 110 Å². The molecule has 0 radical (unpaired) electrons. The first kappa shape index (κ1) is 12.9. The Morgan fingerprint density at radius 1 is 1.00 bits per heavy atom. The smallest absolute Gasteiger partial charge is 0.293 e. The van der Waals surface area contributed by atoms with Crippen molar-refractivity contribution in [2.45, 2.75) is 31.2 Å². The minimum absolute atomic E-state index is 0.0790. The van der Waals surface area contributed by atoms with Gasteiger partial charge in [0.2, 0.25) is 0 Å². The fourth-order valence-corrected chi connectivity index (χ4v) is 3.27. The van der Waals surface area contributed by atoms with E-state index >= 15 is 0 Å². The van der Waals surface area contributed by atoms with Gasteiger partial charge in [-0.3, -0.25) is 9.80 Å². The van der Waals surface area contributed by atoms with E-state index in [1.54, 1.807) is 4.90 Å². The molecule has 2 aliphatic heterocycles. The maximum absolute atomic E-state index is 12.4. The lowest BCUT2D eigenvalue weighted by molar-refractivity contribution is -0.150. The number of hydrogen-bond acceptors (Lipinski definition) is 2. The first-order chi connectivity index (χ1) is 9.01. The second-order valence-corrected chi connectivity index (χ2v) is 5.50. The molecule has 0 unspecified atom stereocenters. The van der Waals surface area contributed by atoms with Crippen LogP contribution < -0.4 is 0 Å². The molecular formula is C14H17F3N2. The summed E-state index contributed by atoms with van der Waals surface area (Å²) in [6.45, 7) is 1.40. The van der Waals surface area contributed by atoms with Crippen LogP contribution in [0.2, 0.25) is 0 Å². The van der Waals surface area contributed by atoms with Gasteiger partial charge in [0.25, 0.3) is 0 Å². The maximum Gasteiger partial charge on any atom is 0.401 e. The molecule has 0 saturated carbocycles. The summed E-state index contributed by atoms with van der Waals surface area (Å²) in [6.07, 6.45) is -3.20. The van der Waals surface area contributed by atoms with E-state index in [4.69, 9.17) is 0 Å². The molecule has 2 bridgehead atoms. The second-order valence-electron chi connectivity index (χ2n) is 5.50. The van der Waals surface area contributed by atoms with Crippen LogP contribution in [-0.4, -0.2) is 47.7 Å². The molecule has 0 amide bonds. The van der Waals surface area contributed by atoms with Gasteiger partial charge in [0.15, 0.2) is 0 Å². The van der Waals surface area contributed by atoms with Gasteiger partial charge in [-0.15, -0.1) is 0 Å². The van der Waals surface area contributed by atoms with E-state index in [1.165, 1.54) is 5.56 Å². The Balaban J connectivity index is 1.58. The molecule has 0 spiro atoms. The molecule has 104 valence electrons. The van der Waals surface area contributed by atoms with E-state index in [0.717, 1.165) is 19.5 Å². The van der Waals surface area contributed by atoms with Crippen LogP contribution in [0.5, 0.6) is 0 Å². The van der Waals surface area contributed by atoms with Crippen molar-refractivity contribution in [1.82, 2.24) is 9.80 Å². The first-order valence-electron chi connectivity index (χ1n) is 6.60. The van der Waals surface area contributed by atoms with Crippen molar-refractivity contribution in [2.75, 3.05) is 19.6 Å². The van der Waals surface area contributed by atoms with E-state index in [1.807, 2.05) is 18.2 Å². The van der Waals surface area contributed by atoms with Crippen LogP contribution in [0, 0.1) is 0 Å². The van der Waals surface area contributed by atoms with Crippen molar-refractivity contribution in [1.29, 1.82) is 0 Å². The topological polar surface area (TPSA) is 6.48 Å². The number of piperazine rings is 1. The monoisotopic (exact) mass is 270 g/mol. The van der Waals surface area contributed by atoms with Crippen LogP contribution in [0.4, 0.5) is 13.2 Å². The van der Waals surface area contributed by atoms with Gasteiger partial charge >= 0.3 is 6.18 Å². The summed E-state index contributed by atoms with van der Waals surface area (Å²) < 4.78 is 37.3. The van der Waals surface area contributed by atoms with Gasteiger partial charge in [0.1, 0.15) is 0 Å². The molecule has 0 aliphatic carbocycles. The highest BCUT2D eigenvalue weighted by Crippen LogP contribution is 2.33. The summed E-state index contributed by atoms with van der Waals surface area (Å²) >= 11 is 0. The largest absolute Gasteiger partial charge is 0.401 e. The predicted octanol–water partition coefficient (Wildman–Crippen LogP) is 2.51. The molecule has 1 aromatic carbocycles. The Hall–Kier alpha value is -1.07. The number of nitrogens with zero attached hydrogens (tertiary/aromatic N) is 2. The highest BCUT2D eigenvalue weighted by molar-refractivity contribution is 5.15. The van der Waals surface area contributed by atoms with Crippen LogP contribution in [0.15, 0.2) is 30.3 Å². The van der Waals surface area contributed by atoms with E-state index in [0.29, 0.717) is 6.54 Å². The van der Waals surface area contributed by atoms with Crippen molar-refractivity contribution in [3.05, 3.63) is 35.9 Å². The Bertz CT molecular complexity index is 432. The van der Waals surface area contributed by atoms with Gasteiger partial charge in [-0.2, -0.15) is 13.2 Å². The van der Waals surface area contributed by atoms with Crippen molar-refractivity contribution in [3.63, 3.8) is 0 Å². The van der Waals surface area contributed by atoms with Crippen LogP contribution in [0.25, 0.3) is 0 Å². The highest BCUT2D eigenvalue weighted by Gasteiger charge is 2.46. The van der Waals surface area contributed by atoms with E-state index in [2.05, 4.69) is 17.0 Å². The van der Waals surface area contributed by atoms with Gasteiger partial charge in [-0.1, -0.05) is 30.3 Å². The molecule has 0 N–H and O–H groups in total. The van der Waals surface area contributed by atoms with E-state index in [9.17, 15) is 13.2 Å².